The van der Waals surface area contributed by atoms with Crippen molar-refractivity contribution in [1.82, 2.24) is 24.0 Å². The molecule has 0 spiro atoms. The van der Waals surface area contributed by atoms with E-state index < -0.39 is 11.2 Å². The van der Waals surface area contributed by atoms with Crippen LogP contribution in [-0.4, -0.2) is 68.4 Å². The number of anilines is 1. The van der Waals surface area contributed by atoms with Gasteiger partial charge in [-0.15, -0.1) is 0 Å². The molecule has 29 heavy (non-hydrogen) atoms. The van der Waals surface area contributed by atoms with E-state index in [1.54, 1.807) is 7.05 Å². The average Bonchev–Trinajstić information content (AvgIpc) is 3.09. The van der Waals surface area contributed by atoms with Gasteiger partial charge < -0.3 is 10.0 Å². The van der Waals surface area contributed by atoms with Gasteiger partial charge in [-0.25, -0.2) is 4.79 Å². The molecule has 2 N–H and O–H groups in total. The number of β-amino-alcohol motifs (C(OH)–C–C–N with tert-alkyl or cyclic N) is 1. The topological polar surface area (TPSA) is 99.4 Å². The molecule has 0 unspecified atom stereocenters. The molecule has 1 aliphatic heterocycles. The number of halogens is 1. The van der Waals surface area contributed by atoms with E-state index in [1.807, 2.05) is 28.8 Å². The van der Waals surface area contributed by atoms with E-state index in [9.17, 15) is 9.59 Å². The van der Waals surface area contributed by atoms with Crippen molar-refractivity contribution in [2.24, 2.45) is 7.05 Å². The zero-order chi connectivity index (χ0) is 20.5. The van der Waals surface area contributed by atoms with Gasteiger partial charge in [0.15, 0.2) is 11.2 Å². The fraction of sp³-hybridized carbons (Fsp3) is 0.421. The molecule has 3 aromatic rings. The number of H-pyrrole nitrogens is 1. The highest BCUT2D eigenvalue weighted by molar-refractivity contribution is 6.30. The standard InChI is InChI=1S/C19H23ClN6O3/c1-23-16-15(17(28)22-19(23)29)26(12-13-2-4-14(20)5-3-13)18(21-16)25-8-6-24(7-9-25)10-11-27/h2-5,27H,6-12H2,1H3,(H,22,28,29). The predicted molar refractivity (Wildman–Crippen MR) is 112 cm³/mol. The van der Waals surface area contributed by atoms with Crippen LogP contribution in [0.1, 0.15) is 5.56 Å². The summed E-state index contributed by atoms with van der Waals surface area (Å²) in [7, 11) is 1.60. The number of aryl methyl sites for hydroxylation is 1. The second kappa shape index (κ2) is 8.02. The molecule has 0 atom stereocenters. The summed E-state index contributed by atoms with van der Waals surface area (Å²) in [5.74, 6) is 0.658. The minimum atomic E-state index is -0.488. The van der Waals surface area contributed by atoms with Gasteiger partial charge in [0, 0.05) is 44.8 Å². The van der Waals surface area contributed by atoms with Crippen molar-refractivity contribution in [3.05, 3.63) is 55.7 Å². The number of rotatable bonds is 5. The van der Waals surface area contributed by atoms with Crippen LogP contribution in [0.15, 0.2) is 33.9 Å². The van der Waals surface area contributed by atoms with Crippen molar-refractivity contribution in [1.29, 1.82) is 0 Å². The number of benzene rings is 1. The third-order valence-electron chi connectivity index (χ3n) is 5.31. The molecular weight excluding hydrogens is 396 g/mol. The first-order valence-corrected chi connectivity index (χ1v) is 9.88. The minimum Gasteiger partial charge on any atom is -0.395 e. The number of hydrogen-bond donors (Lipinski definition) is 2. The largest absolute Gasteiger partial charge is 0.395 e. The number of aliphatic hydroxyl groups excluding tert-OH is 1. The number of hydrogen-bond acceptors (Lipinski definition) is 6. The summed E-state index contributed by atoms with van der Waals surface area (Å²) < 4.78 is 3.22. The summed E-state index contributed by atoms with van der Waals surface area (Å²) in [5, 5.41) is 9.80. The smallest absolute Gasteiger partial charge is 0.329 e. The van der Waals surface area contributed by atoms with Crippen LogP contribution in [0.4, 0.5) is 5.95 Å². The Hall–Kier alpha value is -2.62. The Morgan fingerprint density at radius 1 is 1.14 bits per heavy atom. The first-order chi connectivity index (χ1) is 14.0. The zero-order valence-electron chi connectivity index (χ0n) is 16.1. The molecule has 0 bridgehead atoms. The summed E-state index contributed by atoms with van der Waals surface area (Å²) in [4.78, 5) is 36.1. The molecule has 3 heterocycles. The summed E-state index contributed by atoms with van der Waals surface area (Å²) in [5.41, 5.74) is 0.769. The zero-order valence-corrected chi connectivity index (χ0v) is 16.9. The van der Waals surface area contributed by atoms with Crippen molar-refractivity contribution in [3.8, 4) is 0 Å². The van der Waals surface area contributed by atoms with Gasteiger partial charge in [-0.3, -0.25) is 23.8 Å². The maximum Gasteiger partial charge on any atom is 0.329 e. The average molecular weight is 419 g/mol. The quantitative estimate of drug-likeness (QED) is 0.615. The monoisotopic (exact) mass is 418 g/mol. The van der Waals surface area contributed by atoms with E-state index in [4.69, 9.17) is 16.7 Å². The SMILES string of the molecule is Cn1c(=O)[nH]c(=O)c2c1nc(N1CCN(CCO)CC1)n2Cc1ccc(Cl)cc1. The first kappa shape index (κ1) is 19.7. The van der Waals surface area contributed by atoms with Crippen molar-refractivity contribution in [2.45, 2.75) is 6.54 Å². The van der Waals surface area contributed by atoms with Crippen LogP contribution in [-0.2, 0) is 13.6 Å². The Bertz CT molecular complexity index is 1130. The van der Waals surface area contributed by atoms with Crippen LogP contribution in [0.5, 0.6) is 0 Å². The molecule has 4 rings (SSSR count). The van der Waals surface area contributed by atoms with Crippen molar-refractivity contribution in [2.75, 3.05) is 44.2 Å². The van der Waals surface area contributed by atoms with Crippen LogP contribution in [0.25, 0.3) is 11.2 Å². The molecule has 10 heteroatoms. The lowest BCUT2D eigenvalue weighted by Crippen LogP contribution is -2.48. The molecule has 9 nitrogen and oxygen atoms in total. The van der Waals surface area contributed by atoms with Crippen LogP contribution >= 0.6 is 11.6 Å². The lowest BCUT2D eigenvalue weighted by atomic mass is 10.2. The second-order valence-corrected chi connectivity index (χ2v) is 7.60. The van der Waals surface area contributed by atoms with E-state index in [0.717, 1.165) is 31.7 Å². The van der Waals surface area contributed by atoms with Gasteiger partial charge in [0.05, 0.1) is 13.2 Å². The molecule has 1 saturated heterocycles. The van der Waals surface area contributed by atoms with Crippen molar-refractivity contribution in [3.63, 3.8) is 0 Å². The van der Waals surface area contributed by atoms with E-state index in [0.29, 0.717) is 35.2 Å². The maximum atomic E-state index is 12.6. The highest BCUT2D eigenvalue weighted by Gasteiger charge is 2.24. The summed E-state index contributed by atoms with van der Waals surface area (Å²) in [6.45, 7) is 4.22. The summed E-state index contributed by atoms with van der Waals surface area (Å²) >= 11 is 6.00. The highest BCUT2D eigenvalue weighted by Crippen LogP contribution is 2.23. The van der Waals surface area contributed by atoms with Gasteiger partial charge in [-0.1, -0.05) is 23.7 Å². The lowest BCUT2D eigenvalue weighted by molar-refractivity contribution is 0.188. The molecule has 1 fully saturated rings. The Morgan fingerprint density at radius 2 is 1.83 bits per heavy atom. The van der Waals surface area contributed by atoms with Crippen molar-refractivity contribution >= 4 is 28.7 Å². The number of aliphatic hydroxyl groups is 1. The van der Waals surface area contributed by atoms with Gasteiger partial charge >= 0.3 is 5.69 Å². The Kier molecular flexibility index (Phi) is 5.44. The van der Waals surface area contributed by atoms with Gasteiger partial charge in [0.1, 0.15) is 0 Å². The number of aromatic nitrogens is 4. The van der Waals surface area contributed by atoms with E-state index in [1.165, 1.54) is 4.57 Å². The molecule has 0 saturated carbocycles. The molecule has 0 amide bonds. The van der Waals surface area contributed by atoms with E-state index in [-0.39, 0.29) is 6.61 Å². The third kappa shape index (κ3) is 3.81. The minimum absolute atomic E-state index is 0.132. The summed E-state index contributed by atoms with van der Waals surface area (Å²) in [6, 6.07) is 7.44. The molecule has 154 valence electrons. The Morgan fingerprint density at radius 3 is 2.48 bits per heavy atom. The number of fused-ring (bicyclic) bond motifs is 1. The normalized spacial score (nSPS) is 15.3. The van der Waals surface area contributed by atoms with E-state index in [2.05, 4.69) is 19.8 Å². The highest BCUT2D eigenvalue weighted by atomic mass is 35.5. The molecule has 1 aromatic carbocycles. The predicted octanol–water partition coefficient (Wildman–Crippen LogP) is 0.239. The molecular formula is C19H23ClN6O3. The maximum absolute atomic E-state index is 12.6. The number of nitrogens with zero attached hydrogens (tertiary/aromatic N) is 5. The van der Waals surface area contributed by atoms with Gasteiger partial charge in [0.2, 0.25) is 5.95 Å². The fourth-order valence-electron chi connectivity index (χ4n) is 3.70. The summed E-state index contributed by atoms with van der Waals surface area (Å²) in [6.07, 6.45) is 0. The van der Waals surface area contributed by atoms with Gasteiger partial charge in [-0.2, -0.15) is 4.98 Å². The Balaban J connectivity index is 1.79. The van der Waals surface area contributed by atoms with Crippen LogP contribution in [0.2, 0.25) is 5.02 Å². The number of piperazine rings is 1. The molecule has 0 aliphatic carbocycles. The molecule has 1 aliphatic rings. The first-order valence-electron chi connectivity index (χ1n) is 9.50. The molecule has 2 aromatic heterocycles. The van der Waals surface area contributed by atoms with Crippen molar-refractivity contribution < 1.29 is 5.11 Å². The van der Waals surface area contributed by atoms with Gasteiger partial charge in [-0.05, 0) is 17.7 Å². The number of aromatic amines is 1. The number of imidazole rings is 1. The molecule has 0 radical (unpaired) electrons. The van der Waals surface area contributed by atoms with Gasteiger partial charge in [0.25, 0.3) is 5.56 Å². The van der Waals surface area contributed by atoms with Crippen LogP contribution < -0.4 is 16.1 Å². The van der Waals surface area contributed by atoms with Crippen LogP contribution in [0, 0.1) is 0 Å². The Labute approximate surface area is 171 Å². The van der Waals surface area contributed by atoms with E-state index >= 15 is 0 Å². The lowest BCUT2D eigenvalue weighted by Gasteiger charge is -2.35. The number of nitrogens with one attached hydrogen (secondary N) is 1. The third-order valence-corrected chi connectivity index (χ3v) is 5.56. The van der Waals surface area contributed by atoms with Crippen LogP contribution in [0.3, 0.4) is 0 Å². The fourth-order valence-corrected chi connectivity index (χ4v) is 3.83. The second-order valence-electron chi connectivity index (χ2n) is 7.17.